The lowest BCUT2D eigenvalue weighted by Crippen LogP contribution is -2.73. The molecule has 0 N–H and O–H groups in total. The number of hydrogen-bond acceptors (Lipinski definition) is 8. The van der Waals surface area contributed by atoms with Crippen molar-refractivity contribution in [1.29, 1.82) is 0 Å². The third kappa shape index (κ3) is 4.00. The number of methoxy groups -OCH3 is 1. The number of ether oxygens (including phenoxy) is 6. The van der Waals surface area contributed by atoms with Gasteiger partial charge in [0, 0.05) is 7.11 Å². The minimum atomic E-state index is -0.945. The number of nitrogens with zero attached hydrogens (tertiary/aromatic N) is 1. The standard InChI is InChI=1S/C24H31NO8/c1-23(2)29-12-15(31-23)19-18(32-24(3,4)33-19)14(11-26)25-16(21(28-5)22(25)27)20-17(30-20)13-9-7-6-8-10-13/h6-11,14-21H,12H2,1-5H3/t14-,15-,16-,17?,18-,19+,20+,21+/m1/s1. The number of rotatable bonds is 7. The molecule has 8 atom stereocenters. The molecule has 0 saturated carbocycles. The van der Waals surface area contributed by atoms with Crippen LogP contribution in [0.25, 0.3) is 0 Å². The molecule has 1 unspecified atom stereocenters. The van der Waals surface area contributed by atoms with Crippen LogP contribution in [0.15, 0.2) is 30.3 Å². The summed E-state index contributed by atoms with van der Waals surface area (Å²) in [5, 5.41) is 0. The van der Waals surface area contributed by atoms with Gasteiger partial charge in [-0.15, -0.1) is 0 Å². The number of carbonyl (C=O) groups is 2. The second-order valence-electron chi connectivity index (χ2n) is 9.88. The van der Waals surface area contributed by atoms with Gasteiger partial charge in [0.2, 0.25) is 0 Å². The van der Waals surface area contributed by atoms with Gasteiger partial charge in [0.15, 0.2) is 17.7 Å². The van der Waals surface area contributed by atoms with Crippen molar-refractivity contribution in [3.05, 3.63) is 35.9 Å². The Kier molecular flexibility index (Phi) is 5.63. The molecule has 180 valence electrons. The van der Waals surface area contributed by atoms with Crippen LogP contribution in [0.2, 0.25) is 0 Å². The first-order valence-electron chi connectivity index (χ1n) is 11.3. The molecule has 4 saturated heterocycles. The summed E-state index contributed by atoms with van der Waals surface area (Å²) >= 11 is 0. The van der Waals surface area contributed by atoms with E-state index in [0.29, 0.717) is 6.61 Å². The molecular formula is C24H31NO8. The van der Waals surface area contributed by atoms with Crippen LogP contribution in [0, 0.1) is 0 Å². The quantitative estimate of drug-likeness (QED) is 0.343. The molecule has 0 aliphatic carbocycles. The first kappa shape index (κ1) is 22.9. The number of epoxide rings is 1. The molecule has 4 aliphatic rings. The van der Waals surface area contributed by atoms with Crippen LogP contribution in [-0.2, 0) is 38.0 Å². The van der Waals surface area contributed by atoms with Crippen molar-refractivity contribution < 1.29 is 38.0 Å². The van der Waals surface area contributed by atoms with Crippen molar-refractivity contribution in [1.82, 2.24) is 4.90 Å². The summed E-state index contributed by atoms with van der Waals surface area (Å²) < 4.78 is 35.5. The Bertz CT molecular complexity index is 905. The van der Waals surface area contributed by atoms with E-state index in [-0.39, 0.29) is 18.1 Å². The average molecular weight is 462 g/mol. The summed E-state index contributed by atoms with van der Waals surface area (Å²) in [6, 6.07) is 8.51. The van der Waals surface area contributed by atoms with Gasteiger partial charge in [-0.1, -0.05) is 30.3 Å². The van der Waals surface area contributed by atoms with E-state index in [0.717, 1.165) is 11.8 Å². The highest BCUT2D eigenvalue weighted by atomic mass is 16.8. The molecule has 5 rings (SSSR count). The fraction of sp³-hybridized carbons (Fsp3) is 0.667. The zero-order valence-corrected chi connectivity index (χ0v) is 19.5. The van der Waals surface area contributed by atoms with E-state index in [4.69, 9.17) is 28.4 Å². The largest absolute Gasteiger partial charge is 0.369 e. The monoisotopic (exact) mass is 461 g/mol. The van der Waals surface area contributed by atoms with Gasteiger partial charge >= 0.3 is 0 Å². The maximum Gasteiger partial charge on any atom is 0.255 e. The summed E-state index contributed by atoms with van der Waals surface area (Å²) in [5.41, 5.74) is 1.03. The molecule has 0 bridgehead atoms. The minimum absolute atomic E-state index is 0.155. The molecule has 1 aromatic rings. The molecule has 0 spiro atoms. The smallest absolute Gasteiger partial charge is 0.255 e. The summed E-state index contributed by atoms with van der Waals surface area (Å²) in [5.74, 6) is -1.97. The van der Waals surface area contributed by atoms with Crippen LogP contribution < -0.4 is 0 Å². The van der Waals surface area contributed by atoms with Crippen molar-refractivity contribution in [2.24, 2.45) is 0 Å². The zero-order chi connectivity index (χ0) is 23.5. The number of likely N-dealkylation sites (tertiary alicyclic amines) is 1. The van der Waals surface area contributed by atoms with Gasteiger partial charge in [0.25, 0.3) is 5.91 Å². The fourth-order valence-corrected chi connectivity index (χ4v) is 5.26. The van der Waals surface area contributed by atoms with E-state index in [9.17, 15) is 9.59 Å². The van der Waals surface area contributed by atoms with E-state index < -0.39 is 48.1 Å². The lowest BCUT2D eigenvalue weighted by Gasteiger charge is -2.49. The van der Waals surface area contributed by atoms with Gasteiger partial charge in [0.05, 0.1) is 12.6 Å². The predicted molar refractivity (Wildman–Crippen MR) is 114 cm³/mol. The Morgan fingerprint density at radius 2 is 1.79 bits per heavy atom. The highest BCUT2D eigenvalue weighted by Crippen LogP contribution is 2.48. The molecule has 4 aliphatic heterocycles. The predicted octanol–water partition coefficient (Wildman–Crippen LogP) is 1.59. The van der Waals surface area contributed by atoms with Gasteiger partial charge in [0.1, 0.15) is 42.8 Å². The topological polar surface area (TPSA) is 96.1 Å². The Labute approximate surface area is 193 Å². The Morgan fingerprint density at radius 3 is 2.39 bits per heavy atom. The molecule has 0 radical (unpaired) electrons. The van der Waals surface area contributed by atoms with E-state index in [1.54, 1.807) is 13.8 Å². The molecule has 0 aromatic heterocycles. The molecule has 4 heterocycles. The number of carbonyl (C=O) groups excluding carboxylic acids is 2. The lowest BCUT2D eigenvalue weighted by atomic mass is 9.87. The van der Waals surface area contributed by atoms with Crippen molar-refractivity contribution in [2.45, 2.75) is 88.0 Å². The van der Waals surface area contributed by atoms with Crippen LogP contribution in [-0.4, -0.2) is 85.0 Å². The first-order valence-corrected chi connectivity index (χ1v) is 11.3. The molecule has 33 heavy (non-hydrogen) atoms. The van der Waals surface area contributed by atoms with Gasteiger partial charge in [-0.25, -0.2) is 0 Å². The maximum atomic E-state index is 13.1. The van der Waals surface area contributed by atoms with Crippen LogP contribution in [0.4, 0.5) is 0 Å². The summed E-state index contributed by atoms with van der Waals surface area (Å²) in [7, 11) is 1.50. The molecule has 1 aromatic carbocycles. The number of aldehydes is 1. The van der Waals surface area contributed by atoms with Crippen LogP contribution in [0.3, 0.4) is 0 Å². The zero-order valence-electron chi connectivity index (χ0n) is 19.5. The SMILES string of the molecule is CO[C@@H]1C(=O)N([C@H](C=O)[C@H]2OC(C)(C)O[C@H]2[C@H]2COC(C)(C)O2)[C@@H]1[C@@H]1OC1c1ccccc1. The molecule has 9 nitrogen and oxygen atoms in total. The number of amides is 1. The normalized spacial score (nSPS) is 39.8. The fourth-order valence-electron chi connectivity index (χ4n) is 5.26. The third-order valence-corrected chi connectivity index (χ3v) is 6.73. The maximum absolute atomic E-state index is 13.1. The Hall–Kier alpha value is -1.88. The Balaban J connectivity index is 1.39. The van der Waals surface area contributed by atoms with Gasteiger partial charge in [-0.05, 0) is 33.3 Å². The van der Waals surface area contributed by atoms with Crippen molar-refractivity contribution in [3.63, 3.8) is 0 Å². The minimum Gasteiger partial charge on any atom is -0.369 e. The summed E-state index contributed by atoms with van der Waals surface area (Å²) in [6.45, 7) is 7.52. The van der Waals surface area contributed by atoms with Crippen molar-refractivity contribution >= 4 is 12.2 Å². The average Bonchev–Trinajstić information content (AvgIpc) is 3.37. The number of β-lactam (4-membered cyclic amide) rings is 1. The lowest BCUT2D eigenvalue weighted by molar-refractivity contribution is -0.188. The van der Waals surface area contributed by atoms with E-state index in [1.165, 1.54) is 12.0 Å². The van der Waals surface area contributed by atoms with E-state index in [1.807, 2.05) is 44.2 Å². The first-order chi connectivity index (χ1) is 15.7. The second kappa shape index (κ2) is 8.11. The van der Waals surface area contributed by atoms with Gasteiger partial charge < -0.3 is 38.1 Å². The van der Waals surface area contributed by atoms with Crippen LogP contribution >= 0.6 is 0 Å². The summed E-state index contributed by atoms with van der Waals surface area (Å²) in [6.07, 6.45) is -2.09. The Morgan fingerprint density at radius 1 is 1.06 bits per heavy atom. The van der Waals surface area contributed by atoms with Gasteiger partial charge in [-0.2, -0.15) is 0 Å². The summed E-state index contributed by atoms with van der Waals surface area (Å²) in [4.78, 5) is 27.0. The van der Waals surface area contributed by atoms with E-state index in [2.05, 4.69) is 0 Å². The van der Waals surface area contributed by atoms with E-state index >= 15 is 0 Å². The van der Waals surface area contributed by atoms with Crippen LogP contribution in [0.1, 0.15) is 39.4 Å². The number of hydrogen-bond donors (Lipinski definition) is 0. The molecule has 1 amide bonds. The molecular weight excluding hydrogens is 430 g/mol. The molecule has 4 fully saturated rings. The highest BCUT2D eigenvalue weighted by molar-refractivity contribution is 5.91. The number of benzene rings is 1. The second-order valence-corrected chi connectivity index (χ2v) is 9.88. The van der Waals surface area contributed by atoms with Crippen molar-refractivity contribution in [3.8, 4) is 0 Å². The third-order valence-electron chi connectivity index (χ3n) is 6.73. The highest BCUT2D eigenvalue weighted by Gasteiger charge is 2.65. The van der Waals surface area contributed by atoms with Crippen molar-refractivity contribution in [2.75, 3.05) is 13.7 Å². The van der Waals surface area contributed by atoms with Crippen LogP contribution in [0.5, 0.6) is 0 Å². The molecule has 9 heteroatoms. The van der Waals surface area contributed by atoms with Gasteiger partial charge in [-0.3, -0.25) is 4.79 Å².